The molecule has 3 aromatic rings. The quantitative estimate of drug-likeness (QED) is 0.498. The number of amides is 1. The van der Waals surface area contributed by atoms with Crippen molar-refractivity contribution < 1.29 is 13.9 Å². The second-order valence-electron chi connectivity index (χ2n) is 11.8. The van der Waals surface area contributed by atoms with E-state index < -0.39 is 11.7 Å². The van der Waals surface area contributed by atoms with Gasteiger partial charge in [0.1, 0.15) is 12.0 Å². The van der Waals surface area contributed by atoms with Gasteiger partial charge in [0.2, 0.25) is 5.91 Å². The van der Waals surface area contributed by atoms with E-state index in [1.807, 2.05) is 38.6 Å². The van der Waals surface area contributed by atoms with E-state index in [2.05, 4.69) is 46.3 Å². The Morgan fingerprint density at radius 2 is 2.00 bits per heavy atom. The van der Waals surface area contributed by atoms with E-state index in [1.54, 1.807) is 4.68 Å². The summed E-state index contributed by atoms with van der Waals surface area (Å²) >= 11 is 0. The van der Waals surface area contributed by atoms with Gasteiger partial charge in [-0.1, -0.05) is 19.4 Å². The number of pyridine rings is 1. The molecule has 1 aromatic carbocycles. The van der Waals surface area contributed by atoms with E-state index in [-0.39, 0.29) is 24.3 Å². The van der Waals surface area contributed by atoms with Crippen molar-refractivity contribution >= 4 is 22.5 Å². The third kappa shape index (κ3) is 4.41. The Hall–Kier alpha value is -2.84. The highest BCUT2D eigenvalue weighted by Crippen LogP contribution is 2.56. The zero-order chi connectivity index (χ0) is 26.6. The molecular weight excluding hydrogens is 481 g/mol. The number of carbonyl (C=O) groups is 1. The number of nitrogens with one attached hydrogen (secondary N) is 1. The number of fused-ring (bicyclic) bond motifs is 1. The molecule has 2 aliphatic heterocycles. The third-order valence-electron chi connectivity index (χ3n) is 9.40. The third-order valence-corrected chi connectivity index (χ3v) is 9.40. The summed E-state index contributed by atoms with van der Waals surface area (Å²) in [6, 6.07) is 6.47. The highest BCUT2D eigenvalue weighted by molar-refractivity contribution is 5.97. The molecule has 0 radical (unpaired) electrons. The molecule has 6 rings (SSSR count). The Labute approximate surface area is 223 Å². The minimum absolute atomic E-state index is 0.0350. The van der Waals surface area contributed by atoms with E-state index in [4.69, 9.17) is 4.74 Å². The van der Waals surface area contributed by atoms with Crippen LogP contribution in [-0.4, -0.2) is 63.6 Å². The number of benzene rings is 1. The van der Waals surface area contributed by atoms with Crippen molar-refractivity contribution in [1.82, 2.24) is 19.7 Å². The maximum Gasteiger partial charge on any atom is 0.229 e. The molecule has 5 unspecified atom stereocenters. The number of piperidine rings is 1. The zero-order valence-corrected chi connectivity index (χ0v) is 22.8. The number of alkyl halides is 1. The van der Waals surface area contributed by atoms with Crippen molar-refractivity contribution in [1.29, 1.82) is 0 Å². The van der Waals surface area contributed by atoms with Crippen LogP contribution in [0, 0.1) is 18.8 Å². The molecule has 0 spiro atoms. The molecule has 1 amide bonds. The standard InChI is InChI=1S/C30H38FN5O2/c1-5-23-27(22-14-33-35(4)15-22)28(23)29(37)34-26-12-20-11-24(18(2)10-21(20)13-32-26)19-6-8-36(9-7-19)30(3)17-38-16-25(30)31/h10-15,19,23,25,27-28H,5-9,16-17H2,1-4H3,(H,32,34,37). The fourth-order valence-corrected chi connectivity index (χ4v) is 6.98. The predicted molar refractivity (Wildman–Crippen MR) is 146 cm³/mol. The molecule has 1 N–H and O–H groups in total. The van der Waals surface area contributed by atoms with E-state index in [0.717, 1.165) is 48.7 Å². The second kappa shape index (κ2) is 9.72. The van der Waals surface area contributed by atoms with Gasteiger partial charge in [-0.2, -0.15) is 5.10 Å². The zero-order valence-electron chi connectivity index (χ0n) is 22.8. The van der Waals surface area contributed by atoms with Crippen LogP contribution in [0.4, 0.5) is 10.2 Å². The van der Waals surface area contributed by atoms with Crippen LogP contribution in [0.5, 0.6) is 0 Å². The molecule has 202 valence electrons. The van der Waals surface area contributed by atoms with Crippen molar-refractivity contribution in [2.24, 2.45) is 18.9 Å². The van der Waals surface area contributed by atoms with Crippen molar-refractivity contribution in [3.8, 4) is 0 Å². The van der Waals surface area contributed by atoms with Gasteiger partial charge in [-0.25, -0.2) is 9.37 Å². The maximum absolute atomic E-state index is 14.5. The van der Waals surface area contributed by atoms with Gasteiger partial charge in [0.25, 0.3) is 0 Å². The number of ether oxygens (including phenoxy) is 1. The Morgan fingerprint density at radius 1 is 1.21 bits per heavy atom. The monoisotopic (exact) mass is 519 g/mol. The largest absolute Gasteiger partial charge is 0.376 e. The van der Waals surface area contributed by atoms with Crippen LogP contribution >= 0.6 is 0 Å². The molecule has 0 bridgehead atoms. The summed E-state index contributed by atoms with van der Waals surface area (Å²) in [6.07, 6.45) is 7.78. The number of carbonyl (C=O) groups excluding carboxylic acids is 1. The van der Waals surface area contributed by atoms with Crippen molar-refractivity contribution in [2.45, 2.75) is 63.6 Å². The maximum atomic E-state index is 14.5. The van der Waals surface area contributed by atoms with Crippen LogP contribution in [-0.2, 0) is 16.6 Å². The minimum Gasteiger partial charge on any atom is -0.376 e. The lowest BCUT2D eigenvalue weighted by atomic mass is 9.83. The van der Waals surface area contributed by atoms with Crippen LogP contribution in [0.25, 0.3) is 10.8 Å². The first-order valence-electron chi connectivity index (χ1n) is 13.9. The van der Waals surface area contributed by atoms with Gasteiger partial charge in [0.05, 0.1) is 24.9 Å². The number of likely N-dealkylation sites (tertiary alicyclic amines) is 1. The molecule has 38 heavy (non-hydrogen) atoms. The summed E-state index contributed by atoms with van der Waals surface area (Å²) in [6.45, 7) is 8.73. The lowest BCUT2D eigenvalue weighted by molar-refractivity contribution is -0.117. The number of nitrogens with zero attached hydrogens (tertiary/aromatic N) is 4. The molecule has 7 nitrogen and oxygen atoms in total. The topological polar surface area (TPSA) is 72.3 Å². The molecule has 2 aromatic heterocycles. The summed E-state index contributed by atoms with van der Waals surface area (Å²) in [7, 11) is 1.91. The van der Waals surface area contributed by atoms with Crippen molar-refractivity contribution in [3.05, 3.63) is 53.5 Å². The van der Waals surface area contributed by atoms with Crippen LogP contribution in [0.15, 0.2) is 36.8 Å². The average Bonchev–Trinajstić information content (AvgIpc) is 3.33. The van der Waals surface area contributed by atoms with Gasteiger partial charge in [0.15, 0.2) is 0 Å². The van der Waals surface area contributed by atoms with Crippen LogP contribution in [0.3, 0.4) is 0 Å². The molecule has 4 heterocycles. The Kier molecular flexibility index (Phi) is 6.51. The number of anilines is 1. The molecule has 3 aliphatic rings. The molecule has 1 saturated carbocycles. The molecule has 5 atom stereocenters. The molecule has 2 saturated heterocycles. The first-order chi connectivity index (χ1) is 18.3. The molecular formula is C30H38FN5O2. The summed E-state index contributed by atoms with van der Waals surface area (Å²) in [4.78, 5) is 20.1. The fourth-order valence-electron chi connectivity index (χ4n) is 6.98. The smallest absolute Gasteiger partial charge is 0.229 e. The van der Waals surface area contributed by atoms with Crippen LogP contribution in [0.2, 0.25) is 0 Å². The Balaban J connectivity index is 1.16. The summed E-state index contributed by atoms with van der Waals surface area (Å²) in [5.41, 5.74) is 3.23. The molecule has 3 fully saturated rings. The predicted octanol–water partition coefficient (Wildman–Crippen LogP) is 4.96. The van der Waals surface area contributed by atoms with Crippen LogP contribution in [0.1, 0.15) is 61.6 Å². The second-order valence-corrected chi connectivity index (χ2v) is 11.8. The highest BCUT2D eigenvalue weighted by Gasteiger charge is 2.54. The van der Waals surface area contributed by atoms with Gasteiger partial charge >= 0.3 is 0 Å². The van der Waals surface area contributed by atoms with E-state index >= 15 is 0 Å². The SMILES string of the molecule is CCC1C(C(=O)Nc2cc3cc(C4CCN(C5(C)COCC5F)CC4)c(C)cc3cn2)C1c1cnn(C)c1. The van der Waals surface area contributed by atoms with Gasteiger partial charge in [-0.15, -0.1) is 0 Å². The number of hydrogen-bond acceptors (Lipinski definition) is 5. The number of hydrogen-bond donors (Lipinski definition) is 1. The fraction of sp³-hybridized carbons (Fsp3) is 0.567. The van der Waals surface area contributed by atoms with Gasteiger partial charge < -0.3 is 10.1 Å². The average molecular weight is 520 g/mol. The van der Waals surface area contributed by atoms with E-state index in [9.17, 15) is 9.18 Å². The lowest BCUT2D eigenvalue weighted by Gasteiger charge is -2.43. The first kappa shape index (κ1) is 25.4. The number of halogens is 1. The van der Waals surface area contributed by atoms with Gasteiger partial charge in [0, 0.05) is 36.7 Å². The van der Waals surface area contributed by atoms with Crippen molar-refractivity contribution in [2.75, 3.05) is 31.6 Å². The summed E-state index contributed by atoms with van der Waals surface area (Å²) in [5, 5.41) is 9.55. The number of rotatable bonds is 6. The van der Waals surface area contributed by atoms with E-state index in [1.165, 1.54) is 11.1 Å². The molecule has 1 aliphatic carbocycles. The Morgan fingerprint density at radius 3 is 2.66 bits per heavy atom. The van der Waals surface area contributed by atoms with Gasteiger partial charge in [-0.05, 0) is 85.8 Å². The lowest BCUT2D eigenvalue weighted by Crippen LogP contribution is -2.55. The van der Waals surface area contributed by atoms with Crippen molar-refractivity contribution in [3.63, 3.8) is 0 Å². The summed E-state index contributed by atoms with van der Waals surface area (Å²) < 4.78 is 21.8. The normalized spacial score (nSPS) is 30.1. The van der Waals surface area contributed by atoms with Gasteiger partial charge in [-0.3, -0.25) is 14.4 Å². The summed E-state index contributed by atoms with van der Waals surface area (Å²) in [5.74, 6) is 1.58. The number of aryl methyl sites for hydroxylation is 2. The number of aromatic nitrogens is 3. The van der Waals surface area contributed by atoms with E-state index in [0.29, 0.717) is 24.3 Å². The minimum atomic E-state index is -0.925. The molecule has 8 heteroatoms. The van der Waals surface area contributed by atoms with Crippen LogP contribution < -0.4 is 5.32 Å². The highest BCUT2D eigenvalue weighted by atomic mass is 19.1. The Bertz CT molecular complexity index is 1350. The first-order valence-corrected chi connectivity index (χ1v) is 13.9.